The Balaban J connectivity index is 1.68. The van der Waals surface area contributed by atoms with Crippen LogP contribution in [0.25, 0.3) is 16.5 Å². The van der Waals surface area contributed by atoms with E-state index in [0.717, 1.165) is 33.8 Å². The Morgan fingerprint density at radius 2 is 1.74 bits per heavy atom. The van der Waals surface area contributed by atoms with E-state index in [-0.39, 0.29) is 28.1 Å². The Morgan fingerprint density at radius 3 is 2.43 bits per heavy atom. The van der Waals surface area contributed by atoms with Gasteiger partial charge in [-0.25, -0.2) is 12.4 Å². The van der Waals surface area contributed by atoms with Crippen LogP contribution in [0, 0.1) is 0 Å². The first kappa shape index (κ1) is 23.6. The number of fused-ring (bicyclic) bond motifs is 2. The van der Waals surface area contributed by atoms with Crippen molar-refractivity contribution in [3.05, 3.63) is 65.4 Å². The van der Waals surface area contributed by atoms with Crippen LogP contribution in [0.1, 0.15) is 29.5 Å². The van der Waals surface area contributed by atoms with Crippen molar-refractivity contribution in [2.24, 2.45) is 0 Å². The summed E-state index contributed by atoms with van der Waals surface area (Å²) in [6.45, 7) is 1.35. The van der Waals surface area contributed by atoms with Gasteiger partial charge in [0.15, 0.2) is 0 Å². The van der Waals surface area contributed by atoms with Crippen LogP contribution in [0.2, 0.25) is 0 Å². The fraction of sp³-hybridized carbons (Fsp3) is 0.320. The summed E-state index contributed by atoms with van der Waals surface area (Å²) >= 11 is 0. The average molecular weight is 504 g/mol. The normalized spacial score (nSPS) is 17.6. The van der Waals surface area contributed by atoms with Crippen molar-refractivity contribution in [1.82, 2.24) is 8.87 Å². The lowest BCUT2D eigenvalue weighted by atomic mass is 9.98. The molecule has 3 aromatic rings. The van der Waals surface area contributed by atoms with Gasteiger partial charge in [-0.05, 0) is 67.4 Å². The summed E-state index contributed by atoms with van der Waals surface area (Å²) < 4.78 is 69.0. The average Bonchev–Trinajstić information content (AvgIpc) is 3.21. The second-order valence-electron chi connectivity index (χ2n) is 9.06. The minimum Gasteiger partial charge on any atom is -0.315 e. The first-order valence-corrected chi connectivity index (χ1v) is 12.7. The van der Waals surface area contributed by atoms with Crippen LogP contribution in [0.15, 0.2) is 53.6 Å². The number of hydrogen-bond acceptors (Lipinski definition) is 4. The van der Waals surface area contributed by atoms with E-state index in [4.69, 9.17) is 0 Å². The lowest BCUT2D eigenvalue weighted by molar-refractivity contribution is -0.137. The molecule has 5 rings (SSSR count). The van der Waals surface area contributed by atoms with Crippen LogP contribution in [-0.4, -0.2) is 50.4 Å². The summed E-state index contributed by atoms with van der Waals surface area (Å²) in [5.74, 6) is -0.0407. The third-order valence-electron chi connectivity index (χ3n) is 6.81. The van der Waals surface area contributed by atoms with Gasteiger partial charge in [0.25, 0.3) is 10.0 Å². The molecule has 0 N–H and O–H groups in total. The molecule has 0 spiro atoms. The van der Waals surface area contributed by atoms with Crippen LogP contribution in [0.3, 0.4) is 0 Å². The molecule has 1 aromatic heterocycles. The van der Waals surface area contributed by atoms with Crippen molar-refractivity contribution in [2.45, 2.75) is 30.3 Å². The largest absolute Gasteiger partial charge is 0.416 e. The van der Waals surface area contributed by atoms with Crippen LogP contribution in [0.4, 0.5) is 18.9 Å². The third kappa shape index (κ3) is 4.04. The van der Waals surface area contributed by atoms with Gasteiger partial charge in [0.2, 0.25) is 5.91 Å². The van der Waals surface area contributed by atoms with E-state index in [0.29, 0.717) is 30.6 Å². The monoisotopic (exact) mass is 503 g/mol. The number of rotatable bonds is 3. The first-order chi connectivity index (χ1) is 16.5. The highest BCUT2D eigenvalue weighted by Crippen LogP contribution is 2.38. The van der Waals surface area contributed by atoms with E-state index in [1.165, 1.54) is 23.2 Å². The van der Waals surface area contributed by atoms with E-state index in [1.807, 2.05) is 13.1 Å². The van der Waals surface area contributed by atoms with Crippen LogP contribution in [0.5, 0.6) is 0 Å². The molecule has 0 saturated heterocycles. The quantitative estimate of drug-likeness (QED) is 0.527. The van der Waals surface area contributed by atoms with Gasteiger partial charge in [0.05, 0.1) is 16.0 Å². The van der Waals surface area contributed by atoms with Gasteiger partial charge in [0, 0.05) is 49.4 Å². The zero-order valence-electron chi connectivity index (χ0n) is 19.3. The number of likely N-dealkylation sites (N-methyl/N-ethyl adjacent to an activating group) is 1. The lowest BCUT2D eigenvalue weighted by Gasteiger charge is -2.26. The number of aromatic nitrogens is 1. The Hall–Kier alpha value is -3.11. The zero-order chi connectivity index (χ0) is 25.1. The molecular formula is C25H24F3N3O3S. The number of anilines is 1. The molecule has 1 amide bonds. The SMILES string of the molecule is CN1CC=C(c2cn(S(=O)(=O)c3ccc4c(c3)CCC(=O)N4C)c3ccc(C(F)(F)F)cc23)CC1. The number of halogens is 3. The fourth-order valence-corrected chi connectivity index (χ4v) is 6.17. The zero-order valence-corrected chi connectivity index (χ0v) is 20.1. The standard InChI is InChI=1S/C25H24F3N3O3S/c1-29-11-9-16(10-12-29)21-15-31(23-6-4-18(14-20(21)23)25(26,27)28)35(33,34)19-5-7-22-17(13-19)3-8-24(32)30(22)2/h4-7,9,13-15H,3,8,10-12H2,1-2H3. The van der Waals surface area contributed by atoms with Crippen molar-refractivity contribution in [2.75, 3.05) is 32.1 Å². The molecule has 0 aliphatic carbocycles. The van der Waals surface area contributed by atoms with E-state index >= 15 is 0 Å². The molecule has 0 saturated carbocycles. The van der Waals surface area contributed by atoms with Crippen molar-refractivity contribution < 1.29 is 26.4 Å². The highest BCUT2D eigenvalue weighted by molar-refractivity contribution is 7.90. The second kappa shape index (κ2) is 8.23. The summed E-state index contributed by atoms with van der Waals surface area (Å²) in [6.07, 6.45) is 0.135. The van der Waals surface area contributed by atoms with Gasteiger partial charge >= 0.3 is 6.18 Å². The smallest absolute Gasteiger partial charge is 0.315 e. The number of carbonyl (C=O) groups excluding carboxylic acids is 1. The van der Waals surface area contributed by atoms with Crippen LogP contribution in [-0.2, 0) is 27.4 Å². The molecule has 35 heavy (non-hydrogen) atoms. The van der Waals surface area contributed by atoms with Crippen LogP contribution < -0.4 is 4.90 Å². The Bertz CT molecular complexity index is 1490. The molecule has 2 aliphatic heterocycles. The number of benzene rings is 2. The molecule has 0 fully saturated rings. The maximum absolute atomic E-state index is 13.7. The van der Waals surface area contributed by atoms with E-state index < -0.39 is 21.8 Å². The number of alkyl halides is 3. The summed E-state index contributed by atoms with van der Waals surface area (Å²) in [5, 5.41) is 0.252. The molecule has 0 radical (unpaired) electrons. The van der Waals surface area contributed by atoms with E-state index in [9.17, 15) is 26.4 Å². The summed E-state index contributed by atoms with van der Waals surface area (Å²) in [5.41, 5.74) is 2.08. The van der Waals surface area contributed by atoms with Gasteiger partial charge in [-0.3, -0.25) is 4.79 Å². The minimum atomic E-state index is -4.55. The highest BCUT2D eigenvalue weighted by atomic mass is 32.2. The number of amides is 1. The Morgan fingerprint density at radius 1 is 0.971 bits per heavy atom. The van der Waals surface area contributed by atoms with E-state index in [2.05, 4.69) is 4.90 Å². The minimum absolute atomic E-state index is 0.0275. The maximum Gasteiger partial charge on any atom is 0.416 e. The molecule has 2 aromatic carbocycles. The number of carbonyl (C=O) groups is 1. The Kier molecular flexibility index (Phi) is 5.56. The first-order valence-electron chi connectivity index (χ1n) is 11.2. The molecule has 2 aliphatic rings. The molecule has 0 unspecified atom stereocenters. The summed E-state index contributed by atoms with van der Waals surface area (Å²) in [4.78, 5) is 15.6. The van der Waals surface area contributed by atoms with Crippen molar-refractivity contribution in [1.29, 1.82) is 0 Å². The van der Waals surface area contributed by atoms with Gasteiger partial charge in [-0.15, -0.1) is 0 Å². The number of aryl methyl sites for hydroxylation is 1. The fourth-order valence-electron chi connectivity index (χ4n) is 4.75. The molecule has 184 valence electrons. The molecule has 6 nitrogen and oxygen atoms in total. The van der Waals surface area contributed by atoms with Crippen molar-refractivity contribution >= 4 is 38.1 Å². The molecule has 10 heteroatoms. The van der Waals surface area contributed by atoms with Gasteiger partial charge in [0.1, 0.15) is 0 Å². The second-order valence-corrected chi connectivity index (χ2v) is 10.9. The third-order valence-corrected chi connectivity index (χ3v) is 8.48. The van der Waals surface area contributed by atoms with Crippen LogP contribution >= 0.6 is 0 Å². The number of nitrogens with zero attached hydrogens (tertiary/aromatic N) is 3. The predicted octanol–water partition coefficient (Wildman–Crippen LogP) is 4.53. The molecule has 0 atom stereocenters. The topological polar surface area (TPSA) is 62.6 Å². The van der Waals surface area contributed by atoms with Gasteiger partial charge < -0.3 is 9.80 Å². The highest BCUT2D eigenvalue weighted by Gasteiger charge is 2.32. The molecular weight excluding hydrogens is 479 g/mol. The predicted molar refractivity (Wildman–Crippen MR) is 128 cm³/mol. The van der Waals surface area contributed by atoms with Crippen molar-refractivity contribution in [3.63, 3.8) is 0 Å². The lowest BCUT2D eigenvalue weighted by Crippen LogP contribution is -2.31. The Labute approximate surface area is 201 Å². The van der Waals surface area contributed by atoms with Gasteiger partial charge in [-0.2, -0.15) is 13.2 Å². The van der Waals surface area contributed by atoms with E-state index in [1.54, 1.807) is 19.2 Å². The van der Waals surface area contributed by atoms with Crippen molar-refractivity contribution in [3.8, 4) is 0 Å². The summed E-state index contributed by atoms with van der Waals surface area (Å²) in [7, 11) is -0.518. The summed E-state index contributed by atoms with van der Waals surface area (Å²) in [6, 6.07) is 7.76. The molecule has 3 heterocycles. The number of hydrogen-bond donors (Lipinski definition) is 0. The molecule has 0 bridgehead atoms. The maximum atomic E-state index is 13.7. The van der Waals surface area contributed by atoms with Gasteiger partial charge in [-0.1, -0.05) is 6.08 Å².